The molecule has 5 heteroatoms. The van der Waals surface area contributed by atoms with Crippen LogP contribution in [0.3, 0.4) is 0 Å². The van der Waals surface area contributed by atoms with Gasteiger partial charge in [0.2, 0.25) is 0 Å². The Labute approximate surface area is 170 Å². The highest BCUT2D eigenvalue weighted by molar-refractivity contribution is 6.22. The van der Waals surface area contributed by atoms with Gasteiger partial charge in [0.05, 0.1) is 37.4 Å². The third-order valence-electron chi connectivity index (χ3n) is 6.67. The Kier molecular flexibility index (Phi) is 8.04. The van der Waals surface area contributed by atoms with Crippen LogP contribution in [0.5, 0.6) is 0 Å². The molecule has 2 aliphatic heterocycles. The van der Waals surface area contributed by atoms with Crippen molar-refractivity contribution in [1.82, 2.24) is 4.90 Å². The normalized spacial score (nSPS) is 30.9. The molecule has 4 nitrogen and oxygen atoms in total. The molecule has 0 aromatic rings. The zero-order chi connectivity index (χ0) is 19.3. The Bertz CT molecular complexity index is 454. The summed E-state index contributed by atoms with van der Waals surface area (Å²) in [5.74, 6) is 0.602. The van der Waals surface area contributed by atoms with E-state index >= 15 is 0 Å². The highest BCUT2D eigenvalue weighted by Gasteiger charge is 2.51. The fourth-order valence-corrected chi connectivity index (χ4v) is 5.13. The zero-order valence-corrected chi connectivity index (χ0v) is 18.0. The largest absolute Gasteiger partial charge is 0.380 e. The second kappa shape index (κ2) is 10.1. The van der Waals surface area contributed by atoms with E-state index in [0.717, 1.165) is 38.7 Å². The van der Waals surface area contributed by atoms with E-state index in [9.17, 15) is 0 Å². The molecule has 0 radical (unpaired) electrons. The van der Waals surface area contributed by atoms with E-state index in [0.29, 0.717) is 17.9 Å². The van der Waals surface area contributed by atoms with Crippen LogP contribution in [0.2, 0.25) is 0 Å². The van der Waals surface area contributed by atoms with E-state index in [2.05, 4.69) is 25.3 Å². The quantitative estimate of drug-likeness (QED) is 0.383. The van der Waals surface area contributed by atoms with Gasteiger partial charge in [-0.25, -0.2) is 0 Å². The van der Waals surface area contributed by atoms with Crippen molar-refractivity contribution in [3.8, 4) is 0 Å². The highest BCUT2D eigenvalue weighted by atomic mass is 35.5. The van der Waals surface area contributed by atoms with Crippen LogP contribution >= 0.6 is 11.6 Å². The molecule has 0 bridgehead atoms. The Balaban J connectivity index is 1.45. The molecule has 1 unspecified atom stereocenters. The maximum atomic E-state index is 6.32. The van der Waals surface area contributed by atoms with Crippen LogP contribution in [-0.2, 0) is 14.2 Å². The fraction of sp³-hybridized carbons (Fsp3) is 0.909. The first kappa shape index (κ1) is 21.6. The second-order valence-electron chi connectivity index (χ2n) is 8.84. The van der Waals surface area contributed by atoms with Crippen LogP contribution < -0.4 is 0 Å². The molecule has 3 atom stereocenters. The standard InChI is InChI=1S/C22H38ClNO3/c1-4-11-26-21(12-27-20(6-3)19(23)5-2)17-7-9-18(10-8-17)24-13-22(14-24)15-25-16-22/h5,17-21H,2,4,6-16H2,1,3H3/t17-,18+,19?,20-,21+/m0/s1. The van der Waals surface area contributed by atoms with Gasteiger partial charge in [0.15, 0.2) is 0 Å². The summed E-state index contributed by atoms with van der Waals surface area (Å²) in [5, 5.41) is -0.133. The lowest BCUT2D eigenvalue weighted by Gasteiger charge is -2.58. The van der Waals surface area contributed by atoms with E-state index in [1.807, 2.05) is 0 Å². The van der Waals surface area contributed by atoms with Crippen molar-refractivity contribution >= 4 is 11.6 Å². The topological polar surface area (TPSA) is 30.9 Å². The van der Waals surface area contributed by atoms with Gasteiger partial charge in [-0.3, -0.25) is 4.90 Å². The average Bonchev–Trinajstić information content (AvgIpc) is 2.62. The van der Waals surface area contributed by atoms with Crippen molar-refractivity contribution in [2.45, 2.75) is 76.0 Å². The maximum Gasteiger partial charge on any atom is 0.0836 e. The first-order chi connectivity index (χ1) is 13.1. The number of nitrogens with zero attached hydrogens (tertiary/aromatic N) is 1. The summed E-state index contributed by atoms with van der Waals surface area (Å²) < 4.78 is 17.8. The van der Waals surface area contributed by atoms with Gasteiger partial charge in [0.1, 0.15) is 0 Å². The molecule has 0 N–H and O–H groups in total. The molecule has 0 amide bonds. The molecule has 3 rings (SSSR count). The summed E-state index contributed by atoms with van der Waals surface area (Å²) in [5.41, 5.74) is 0.524. The van der Waals surface area contributed by atoms with Gasteiger partial charge in [-0.15, -0.1) is 18.2 Å². The minimum absolute atomic E-state index is 0.0233. The second-order valence-corrected chi connectivity index (χ2v) is 9.34. The lowest BCUT2D eigenvalue weighted by Crippen LogP contribution is -2.68. The monoisotopic (exact) mass is 399 g/mol. The summed E-state index contributed by atoms with van der Waals surface area (Å²) in [6.07, 6.45) is 8.99. The maximum absolute atomic E-state index is 6.32. The number of alkyl halides is 1. The van der Waals surface area contributed by atoms with Crippen molar-refractivity contribution in [3.63, 3.8) is 0 Å². The summed E-state index contributed by atoms with van der Waals surface area (Å²) in [6.45, 7) is 14.0. The third-order valence-corrected chi connectivity index (χ3v) is 7.13. The van der Waals surface area contributed by atoms with Crippen LogP contribution in [0.15, 0.2) is 12.7 Å². The number of hydrogen-bond donors (Lipinski definition) is 0. The van der Waals surface area contributed by atoms with Gasteiger partial charge >= 0.3 is 0 Å². The zero-order valence-electron chi connectivity index (χ0n) is 17.2. The van der Waals surface area contributed by atoms with Gasteiger partial charge in [-0.1, -0.05) is 19.9 Å². The highest BCUT2D eigenvalue weighted by Crippen LogP contribution is 2.42. The van der Waals surface area contributed by atoms with Crippen LogP contribution in [-0.4, -0.2) is 68.0 Å². The van der Waals surface area contributed by atoms with E-state index in [4.69, 9.17) is 25.8 Å². The lowest BCUT2D eigenvalue weighted by atomic mass is 9.74. The molecule has 27 heavy (non-hydrogen) atoms. The minimum Gasteiger partial charge on any atom is -0.380 e. The predicted octanol–water partition coefficient (Wildman–Crippen LogP) is 4.26. The summed E-state index contributed by atoms with van der Waals surface area (Å²) in [4.78, 5) is 2.69. The predicted molar refractivity (Wildman–Crippen MR) is 110 cm³/mol. The van der Waals surface area contributed by atoms with E-state index in [-0.39, 0.29) is 17.6 Å². The number of likely N-dealkylation sites (tertiary alicyclic amines) is 1. The number of ether oxygens (including phenoxy) is 3. The molecule has 156 valence electrons. The summed E-state index contributed by atoms with van der Waals surface area (Å²) >= 11 is 6.32. The van der Waals surface area contributed by atoms with Crippen LogP contribution in [0.1, 0.15) is 52.4 Å². The van der Waals surface area contributed by atoms with Crippen molar-refractivity contribution in [3.05, 3.63) is 12.7 Å². The molecule has 2 saturated heterocycles. The fourth-order valence-electron chi connectivity index (χ4n) is 4.88. The Morgan fingerprint density at radius 1 is 1.19 bits per heavy atom. The smallest absolute Gasteiger partial charge is 0.0836 e. The molecular formula is C22H38ClNO3. The molecule has 1 spiro atoms. The summed E-state index contributed by atoms with van der Waals surface area (Å²) in [7, 11) is 0. The van der Waals surface area contributed by atoms with Crippen molar-refractivity contribution in [1.29, 1.82) is 0 Å². The van der Waals surface area contributed by atoms with Gasteiger partial charge < -0.3 is 14.2 Å². The molecule has 0 aromatic carbocycles. The molecule has 3 fully saturated rings. The average molecular weight is 400 g/mol. The van der Waals surface area contributed by atoms with Crippen LogP contribution in [0.25, 0.3) is 0 Å². The van der Waals surface area contributed by atoms with Crippen LogP contribution in [0.4, 0.5) is 0 Å². The first-order valence-corrected chi connectivity index (χ1v) is 11.4. The number of halogens is 1. The SMILES string of the molecule is C=CC(Cl)[C@H](CC)OC[C@@H](OCCC)[C@H]1CC[C@@H](N2CC3(COC3)C2)CC1. The van der Waals surface area contributed by atoms with Gasteiger partial charge in [0.25, 0.3) is 0 Å². The number of hydrogen-bond acceptors (Lipinski definition) is 4. The van der Waals surface area contributed by atoms with Crippen molar-refractivity contribution in [2.24, 2.45) is 11.3 Å². The molecule has 1 saturated carbocycles. The lowest BCUT2D eigenvalue weighted by molar-refractivity contribution is -0.201. The molecule has 1 aliphatic carbocycles. The third kappa shape index (κ3) is 5.27. The van der Waals surface area contributed by atoms with E-state index < -0.39 is 0 Å². The number of rotatable bonds is 11. The Hall–Kier alpha value is -0.130. The first-order valence-electron chi connectivity index (χ1n) is 10.9. The van der Waals surface area contributed by atoms with Crippen LogP contribution in [0, 0.1) is 11.3 Å². The van der Waals surface area contributed by atoms with E-state index in [1.54, 1.807) is 6.08 Å². The van der Waals surface area contributed by atoms with Gasteiger partial charge in [-0.2, -0.15) is 0 Å². The molecule has 2 heterocycles. The molecule has 0 aromatic heterocycles. The van der Waals surface area contributed by atoms with Crippen molar-refractivity contribution < 1.29 is 14.2 Å². The van der Waals surface area contributed by atoms with Gasteiger partial charge in [0, 0.05) is 31.2 Å². The molecule has 3 aliphatic rings. The Morgan fingerprint density at radius 2 is 1.89 bits per heavy atom. The van der Waals surface area contributed by atoms with E-state index in [1.165, 1.54) is 38.8 Å². The van der Waals surface area contributed by atoms with Crippen molar-refractivity contribution in [2.75, 3.05) is 39.5 Å². The molecular weight excluding hydrogens is 362 g/mol. The van der Waals surface area contributed by atoms with Gasteiger partial charge in [-0.05, 0) is 44.4 Å². The minimum atomic E-state index is -0.133. The summed E-state index contributed by atoms with van der Waals surface area (Å²) in [6, 6.07) is 0.761. The Morgan fingerprint density at radius 3 is 2.41 bits per heavy atom.